The lowest BCUT2D eigenvalue weighted by Gasteiger charge is -2.11. The van der Waals surface area contributed by atoms with Gasteiger partial charge in [-0.3, -0.25) is 0 Å². The number of furan rings is 1. The molecule has 1 aliphatic rings. The summed E-state index contributed by atoms with van der Waals surface area (Å²) in [5.74, 6) is -0.298. The number of carboxylic acids is 1. The summed E-state index contributed by atoms with van der Waals surface area (Å²) >= 11 is 0. The van der Waals surface area contributed by atoms with Crippen molar-refractivity contribution in [1.29, 1.82) is 0 Å². The van der Waals surface area contributed by atoms with Gasteiger partial charge < -0.3 is 19.7 Å². The Labute approximate surface area is 100 Å². The zero-order chi connectivity index (χ0) is 12.3. The smallest absolute Gasteiger partial charge is 0.372 e. The van der Waals surface area contributed by atoms with Crippen LogP contribution in [-0.4, -0.2) is 42.7 Å². The highest BCUT2D eigenvalue weighted by molar-refractivity contribution is 5.86. The van der Waals surface area contributed by atoms with Crippen molar-refractivity contribution in [1.82, 2.24) is 10.2 Å². The molecule has 2 heterocycles. The molecule has 2 N–H and O–H groups in total. The zero-order valence-electron chi connectivity index (χ0n) is 9.98. The van der Waals surface area contributed by atoms with E-state index in [1.807, 2.05) is 0 Å². The van der Waals surface area contributed by atoms with E-state index in [4.69, 9.17) is 9.52 Å². The van der Waals surface area contributed by atoms with Crippen LogP contribution < -0.4 is 5.32 Å². The van der Waals surface area contributed by atoms with Crippen molar-refractivity contribution in [3.63, 3.8) is 0 Å². The van der Waals surface area contributed by atoms with Gasteiger partial charge in [-0.2, -0.15) is 0 Å². The summed E-state index contributed by atoms with van der Waals surface area (Å²) in [7, 11) is 2.12. The number of likely N-dealkylation sites (tertiary alicyclic amines) is 1. The van der Waals surface area contributed by atoms with E-state index >= 15 is 0 Å². The molecule has 1 unspecified atom stereocenters. The van der Waals surface area contributed by atoms with Gasteiger partial charge in [0.1, 0.15) is 0 Å². The molecule has 1 aromatic heterocycles. The van der Waals surface area contributed by atoms with E-state index in [1.165, 1.54) is 12.7 Å². The topological polar surface area (TPSA) is 65.7 Å². The summed E-state index contributed by atoms with van der Waals surface area (Å²) in [4.78, 5) is 13.1. The van der Waals surface area contributed by atoms with Crippen LogP contribution in [-0.2, 0) is 6.54 Å². The number of nitrogens with zero attached hydrogens (tertiary/aromatic N) is 1. The number of carboxylic acid groups (broad SMARTS) is 1. The maximum atomic E-state index is 10.8. The summed E-state index contributed by atoms with van der Waals surface area (Å²) in [6.07, 6.45) is 2.63. The van der Waals surface area contributed by atoms with Crippen molar-refractivity contribution in [2.75, 3.05) is 26.7 Å². The highest BCUT2D eigenvalue weighted by Gasteiger charge is 2.19. The molecule has 1 fully saturated rings. The molecule has 5 heteroatoms. The van der Waals surface area contributed by atoms with Crippen LogP contribution in [0, 0.1) is 5.92 Å². The molecular formula is C12H18N2O3. The van der Waals surface area contributed by atoms with Crippen LogP contribution in [0.5, 0.6) is 0 Å². The first-order chi connectivity index (χ1) is 8.16. The van der Waals surface area contributed by atoms with Crippen LogP contribution in [0.15, 0.2) is 16.7 Å². The monoisotopic (exact) mass is 238 g/mol. The minimum Gasteiger partial charge on any atom is -0.475 e. The first-order valence-corrected chi connectivity index (χ1v) is 5.85. The molecule has 1 aromatic rings. The largest absolute Gasteiger partial charge is 0.475 e. The Morgan fingerprint density at radius 1 is 1.71 bits per heavy atom. The number of hydrogen-bond acceptors (Lipinski definition) is 4. The second-order valence-corrected chi connectivity index (χ2v) is 4.63. The predicted octanol–water partition coefficient (Wildman–Crippen LogP) is 1.02. The number of carbonyl (C=O) groups is 1. The van der Waals surface area contributed by atoms with Gasteiger partial charge in [-0.15, -0.1) is 0 Å². The van der Waals surface area contributed by atoms with E-state index in [0.29, 0.717) is 18.0 Å². The van der Waals surface area contributed by atoms with Gasteiger partial charge >= 0.3 is 5.97 Å². The average molecular weight is 238 g/mol. The molecule has 0 radical (unpaired) electrons. The first-order valence-electron chi connectivity index (χ1n) is 5.85. The molecule has 1 atom stereocenters. The highest BCUT2D eigenvalue weighted by atomic mass is 16.4. The van der Waals surface area contributed by atoms with Crippen molar-refractivity contribution in [2.45, 2.75) is 13.0 Å². The summed E-state index contributed by atoms with van der Waals surface area (Å²) in [5.41, 5.74) is 0.712. The van der Waals surface area contributed by atoms with Gasteiger partial charge in [0.15, 0.2) is 0 Å². The number of rotatable bonds is 5. The van der Waals surface area contributed by atoms with Gasteiger partial charge in [0, 0.05) is 18.7 Å². The Balaban J connectivity index is 1.78. The third-order valence-electron chi connectivity index (χ3n) is 3.18. The van der Waals surface area contributed by atoms with Crippen molar-refractivity contribution < 1.29 is 14.3 Å². The van der Waals surface area contributed by atoms with E-state index in [1.54, 1.807) is 6.07 Å². The third kappa shape index (κ3) is 3.08. The molecular weight excluding hydrogens is 220 g/mol. The van der Waals surface area contributed by atoms with E-state index in [0.717, 1.165) is 19.6 Å². The fourth-order valence-corrected chi connectivity index (χ4v) is 2.27. The second kappa shape index (κ2) is 5.33. The van der Waals surface area contributed by atoms with Gasteiger partial charge in [-0.1, -0.05) is 0 Å². The maximum absolute atomic E-state index is 10.8. The lowest BCUT2D eigenvalue weighted by Crippen LogP contribution is -2.25. The minimum absolute atomic E-state index is 0.0426. The van der Waals surface area contributed by atoms with E-state index < -0.39 is 5.97 Å². The lowest BCUT2D eigenvalue weighted by molar-refractivity contribution is 0.0660. The van der Waals surface area contributed by atoms with Gasteiger partial charge in [0.05, 0.1) is 6.26 Å². The average Bonchev–Trinajstić information content (AvgIpc) is 2.87. The summed E-state index contributed by atoms with van der Waals surface area (Å²) in [6, 6.07) is 1.71. The molecule has 94 valence electrons. The Kier molecular flexibility index (Phi) is 3.81. The van der Waals surface area contributed by atoms with Gasteiger partial charge in [-0.05, 0) is 38.5 Å². The van der Waals surface area contributed by atoms with Crippen LogP contribution in [0.4, 0.5) is 0 Å². The zero-order valence-corrected chi connectivity index (χ0v) is 9.98. The Morgan fingerprint density at radius 3 is 3.18 bits per heavy atom. The van der Waals surface area contributed by atoms with Crippen LogP contribution in [0.3, 0.4) is 0 Å². The summed E-state index contributed by atoms with van der Waals surface area (Å²) in [5, 5.41) is 12.2. The number of aromatic carboxylic acids is 1. The van der Waals surface area contributed by atoms with E-state index in [9.17, 15) is 4.79 Å². The lowest BCUT2D eigenvalue weighted by atomic mass is 10.1. The molecule has 5 nitrogen and oxygen atoms in total. The molecule has 0 spiro atoms. The molecule has 17 heavy (non-hydrogen) atoms. The first kappa shape index (κ1) is 12.1. The molecule has 0 bridgehead atoms. The molecule has 0 aliphatic carbocycles. The molecule has 0 saturated carbocycles. The van der Waals surface area contributed by atoms with Gasteiger partial charge in [0.25, 0.3) is 0 Å². The molecule has 2 rings (SSSR count). The van der Waals surface area contributed by atoms with Gasteiger partial charge in [-0.25, -0.2) is 4.79 Å². The highest BCUT2D eigenvalue weighted by Crippen LogP contribution is 2.14. The van der Waals surface area contributed by atoms with Crippen molar-refractivity contribution >= 4 is 5.97 Å². The standard InChI is InChI=1S/C12H18N2O3/c1-14-4-2-9(8-14)6-13-7-10-3-5-17-11(10)12(15)16/h3,5,9,13H,2,4,6-8H2,1H3,(H,15,16). The second-order valence-electron chi connectivity index (χ2n) is 4.63. The quantitative estimate of drug-likeness (QED) is 0.801. The SMILES string of the molecule is CN1CCC(CNCc2ccoc2C(=O)O)C1. The van der Waals surface area contributed by atoms with E-state index in [2.05, 4.69) is 17.3 Å². The molecule has 1 aliphatic heterocycles. The maximum Gasteiger partial charge on any atom is 0.372 e. The van der Waals surface area contributed by atoms with Crippen LogP contribution in [0.1, 0.15) is 22.5 Å². The Bertz CT molecular complexity index is 389. The van der Waals surface area contributed by atoms with Crippen molar-refractivity contribution in [3.05, 3.63) is 23.7 Å². The predicted molar refractivity (Wildman–Crippen MR) is 63.0 cm³/mol. The normalized spacial score (nSPS) is 20.9. The number of hydrogen-bond donors (Lipinski definition) is 2. The fourth-order valence-electron chi connectivity index (χ4n) is 2.27. The Hall–Kier alpha value is -1.33. The third-order valence-corrected chi connectivity index (χ3v) is 3.18. The molecule has 0 aromatic carbocycles. The van der Waals surface area contributed by atoms with Crippen LogP contribution >= 0.6 is 0 Å². The van der Waals surface area contributed by atoms with Gasteiger partial charge in [0.2, 0.25) is 5.76 Å². The molecule has 1 saturated heterocycles. The van der Waals surface area contributed by atoms with Crippen molar-refractivity contribution in [2.24, 2.45) is 5.92 Å². The Morgan fingerprint density at radius 2 is 2.53 bits per heavy atom. The summed E-state index contributed by atoms with van der Waals surface area (Å²) < 4.78 is 4.92. The van der Waals surface area contributed by atoms with E-state index in [-0.39, 0.29) is 5.76 Å². The van der Waals surface area contributed by atoms with Crippen molar-refractivity contribution in [3.8, 4) is 0 Å². The van der Waals surface area contributed by atoms with Crippen LogP contribution in [0.25, 0.3) is 0 Å². The van der Waals surface area contributed by atoms with Crippen LogP contribution in [0.2, 0.25) is 0 Å². The molecule has 0 amide bonds. The summed E-state index contributed by atoms with van der Waals surface area (Å²) in [6.45, 7) is 3.75. The number of nitrogens with one attached hydrogen (secondary N) is 1. The minimum atomic E-state index is -1.01. The fraction of sp³-hybridized carbons (Fsp3) is 0.583.